The van der Waals surface area contributed by atoms with Crippen LogP contribution in [0.25, 0.3) is 55.8 Å². The van der Waals surface area contributed by atoms with Gasteiger partial charge in [0.2, 0.25) is 0 Å². The minimum absolute atomic E-state index is 0.832. The van der Waals surface area contributed by atoms with Crippen molar-refractivity contribution in [3.8, 4) is 44.8 Å². The minimum Gasteiger partial charge on any atom is -0.454 e. The molecular formula is C25H15NO. The molecule has 2 nitrogen and oxygen atoms in total. The number of benzene rings is 3. The SMILES string of the molecule is c1ccc(-c2oc3cccc4c3c2-c2ccccc2-c2ccccc2-4)nc1. The van der Waals surface area contributed by atoms with Crippen LogP contribution in [0.2, 0.25) is 0 Å². The van der Waals surface area contributed by atoms with Crippen LogP contribution in [0, 0.1) is 0 Å². The average Bonchev–Trinajstić information content (AvgIpc) is 3.08. The molecule has 3 aromatic carbocycles. The van der Waals surface area contributed by atoms with E-state index in [9.17, 15) is 0 Å². The van der Waals surface area contributed by atoms with Crippen LogP contribution in [-0.2, 0) is 0 Å². The van der Waals surface area contributed by atoms with Crippen molar-refractivity contribution in [2.45, 2.75) is 0 Å². The summed E-state index contributed by atoms with van der Waals surface area (Å²) in [6.45, 7) is 0. The molecule has 0 spiro atoms. The quantitative estimate of drug-likeness (QED) is 0.327. The molecule has 126 valence electrons. The molecule has 1 aliphatic carbocycles. The van der Waals surface area contributed by atoms with Gasteiger partial charge in [-0.2, -0.15) is 0 Å². The van der Waals surface area contributed by atoms with Crippen molar-refractivity contribution in [1.82, 2.24) is 4.98 Å². The van der Waals surface area contributed by atoms with E-state index in [-0.39, 0.29) is 0 Å². The van der Waals surface area contributed by atoms with Crippen LogP contribution in [0.4, 0.5) is 0 Å². The first-order valence-corrected chi connectivity index (χ1v) is 9.08. The van der Waals surface area contributed by atoms with Gasteiger partial charge in [-0.05, 0) is 46.0 Å². The van der Waals surface area contributed by atoms with Crippen molar-refractivity contribution in [3.63, 3.8) is 0 Å². The van der Waals surface area contributed by atoms with Crippen LogP contribution in [0.15, 0.2) is 95.5 Å². The molecule has 0 fully saturated rings. The van der Waals surface area contributed by atoms with E-state index in [2.05, 4.69) is 65.6 Å². The van der Waals surface area contributed by atoms with Crippen LogP contribution < -0.4 is 0 Å². The highest BCUT2D eigenvalue weighted by Gasteiger charge is 2.27. The lowest BCUT2D eigenvalue weighted by Gasteiger charge is -2.11. The van der Waals surface area contributed by atoms with Gasteiger partial charge in [-0.3, -0.25) is 4.98 Å². The zero-order valence-corrected chi connectivity index (χ0v) is 14.5. The summed E-state index contributed by atoms with van der Waals surface area (Å²) in [6, 6.07) is 29.4. The summed E-state index contributed by atoms with van der Waals surface area (Å²) >= 11 is 0. The Morgan fingerprint density at radius 3 is 1.93 bits per heavy atom. The maximum Gasteiger partial charge on any atom is 0.161 e. The number of furan rings is 1. The monoisotopic (exact) mass is 345 g/mol. The summed E-state index contributed by atoms with van der Waals surface area (Å²) in [5.74, 6) is 0.832. The second kappa shape index (κ2) is 5.42. The van der Waals surface area contributed by atoms with Crippen LogP contribution in [-0.4, -0.2) is 4.98 Å². The van der Waals surface area contributed by atoms with Gasteiger partial charge in [0.25, 0.3) is 0 Å². The molecule has 2 heterocycles. The molecule has 0 amide bonds. The Balaban J connectivity index is 1.86. The molecule has 0 radical (unpaired) electrons. The number of hydrogen-bond donors (Lipinski definition) is 0. The normalized spacial score (nSPS) is 11.7. The van der Waals surface area contributed by atoms with Gasteiger partial charge in [-0.25, -0.2) is 0 Å². The number of aromatic nitrogens is 1. The van der Waals surface area contributed by atoms with E-state index in [4.69, 9.17) is 4.42 Å². The maximum absolute atomic E-state index is 6.36. The largest absolute Gasteiger partial charge is 0.454 e. The summed E-state index contributed by atoms with van der Waals surface area (Å²) in [6.07, 6.45) is 1.81. The highest BCUT2D eigenvalue weighted by Crippen LogP contribution is 2.51. The van der Waals surface area contributed by atoms with E-state index in [1.54, 1.807) is 0 Å². The first kappa shape index (κ1) is 14.5. The first-order chi connectivity index (χ1) is 13.4. The van der Waals surface area contributed by atoms with E-state index in [0.717, 1.165) is 28.0 Å². The zero-order valence-electron chi connectivity index (χ0n) is 14.5. The lowest BCUT2D eigenvalue weighted by Crippen LogP contribution is -1.86. The van der Waals surface area contributed by atoms with Gasteiger partial charge in [-0.1, -0.05) is 66.7 Å². The molecule has 0 aliphatic heterocycles. The van der Waals surface area contributed by atoms with E-state index >= 15 is 0 Å². The molecule has 0 N–H and O–H groups in total. The molecule has 0 saturated heterocycles. The lowest BCUT2D eigenvalue weighted by molar-refractivity contribution is 0.629. The molecule has 2 heteroatoms. The topological polar surface area (TPSA) is 26.0 Å². The fraction of sp³-hybridized carbons (Fsp3) is 0. The third-order valence-electron chi connectivity index (χ3n) is 5.32. The fourth-order valence-electron chi connectivity index (χ4n) is 4.20. The standard InChI is InChI=1S/C25H15NO/c1-2-9-17-16(8-1)18-10-3-4-11-20(18)24-23-19(17)12-7-14-22(23)27-25(24)21-13-5-6-15-26-21/h1-15H. The summed E-state index contributed by atoms with van der Waals surface area (Å²) in [5.41, 5.74) is 9.00. The molecule has 2 aromatic heterocycles. The van der Waals surface area contributed by atoms with Crippen molar-refractivity contribution < 1.29 is 4.42 Å². The van der Waals surface area contributed by atoms with E-state index in [1.807, 2.05) is 30.5 Å². The Hall–Kier alpha value is -3.65. The molecule has 6 rings (SSSR count). The van der Waals surface area contributed by atoms with Crippen molar-refractivity contribution in [2.24, 2.45) is 0 Å². The van der Waals surface area contributed by atoms with Crippen molar-refractivity contribution in [2.75, 3.05) is 0 Å². The number of nitrogens with zero attached hydrogens (tertiary/aromatic N) is 1. The van der Waals surface area contributed by atoms with Gasteiger partial charge in [0.05, 0.1) is 0 Å². The molecule has 0 atom stereocenters. The van der Waals surface area contributed by atoms with Crippen LogP contribution in [0.1, 0.15) is 0 Å². The van der Waals surface area contributed by atoms with E-state index < -0.39 is 0 Å². The lowest BCUT2D eigenvalue weighted by atomic mass is 9.93. The van der Waals surface area contributed by atoms with Gasteiger partial charge >= 0.3 is 0 Å². The minimum atomic E-state index is 0.832. The predicted molar refractivity (Wildman–Crippen MR) is 109 cm³/mol. The van der Waals surface area contributed by atoms with Gasteiger partial charge < -0.3 is 4.42 Å². The van der Waals surface area contributed by atoms with Crippen LogP contribution in [0.5, 0.6) is 0 Å². The number of pyridine rings is 1. The first-order valence-electron chi connectivity index (χ1n) is 9.08. The Labute approximate surface area is 156 Å². The fourth-order valence-corrected chi connectivity index (χ4v) is 4.20. The number of hydrogen-bond acceptors (Lipinski definition) is 2. The summed E-state index contributed by atoms with van der Waals surface area (Å²) < 4.78 is 6.36. The highest BCUT2D eigenvalue weighted by molar-refractivity contribution is 6.15. The van der Waals surface area contributed by atoms with E-state index in [0.29, 0.717) is 0 Å². The third kappa shape index (κ3) is 1.98. The zero-order chi connectivity index (χ0) is 17.8. The molecule has 1 aliphatic rings. The molecule has 27 heavy (non-hydrogen) atoms. The van der Waals surface area contributed by atoms with Crippen molar-refractivity contribution in [3.05, 3.63) is 91.1 Å². The summed E-state index contributed by atoms with van der Waals surface area (Å²) in [5, 5.41) is 1.16. The second-order valence-corrected chi connectivity index (χ2v) is 6.79. The predicted octanol–water partition coefficient (Wildman–Crippen LogP) is 6.81. The Bertz CT molecular complexity index is 1320. The average molecular weight is 345 g/mol. The van der Waals surface area contributed by atoms with Gasteiger partial charge in [-0.15, -0.1) is 0 Å². The molecule has 0 unspecified atom stereocenters. The summed E-state index contributed by atoms with van der Waals surface area (Å²) in [7, 11) is 0. The second-order valence-electron chi connectivity index (χ2n) is 6.79. The smallest absolute Gasteiger partial charge is 0.161 e. The van der Waals surface area contributed by atoms with E-state index in [1.165, 1.54) is 27.8 Å². The van der Waals surface area contributed by atoms with Gasteiger partial charge in [0, 0.05) is 17.1 Å². The third-order valence-corrected chi connectivity index (χ3v) is 5.32. The summed E-state index contributed by atoms with van der Waals surface area (Å²) in [4.78, 5) is 4.57. The number of fused-ring (bicyclic) bond motifs is 5. The van der Waals surface area contributed by atoms with Gasteiger partial charge in [0.1, 0.15) is 11.3 Å². The molecule has 0 bridgehead atoms. The van der Waals surface area contributed by atoms with Gasteiger partial charge in [0.15, 0.2) is 5.76 Å². The molecule has 5 aromatic rings. The van der Waals surface area contributed by atoms with Crippen molar-refractivity contribution in [1.29, 1.82) is 0 Å². The maximum atomic E-state index is 6.36. The van der Waals surface area contributed by atoms with Crippen LogP contribution in [0.3, 0.4) is 0 Å². The molecule has 0 saturated carbocycles. The Morgan fingerprint density at radius 1 is 0.556 bits per heavy atom. The Morgan fingerprint density at radius 2 is 1.19 bits per heavy atom. The highest BCUT2D eigenvalue weighted by atomic mass is 16.3. The number of rotatable bonds is 1. The molecular weight excluding hydrogens is 330 g/mol. The Kier molecular flexibility index (Phi) is 2.91. The van der Waals surface area contributed by atoms with Crippen molar-refractivity contribution >= 4 is 11.0 Å². The van der Waals surface area contributed by atoms with Crippen LogP contribution >= 0.6 is 0 Å².